The lowest BCUT2D eigenvalue weighted by Gasteiger charge is -2.08. The predicted molar refractivity (Wildman–Crippen MR) is 64.8 cm³/mol. The Labute approximate surface area is 108 Å². The van der Waals surface area contributed by atoms with Gasteiger partial charge in [0.2, 0.25) is 5.91 Å². The molecular weight excluding hydrogens is 257 g/mol. The van der Waals surface area contributed by atoms with Crippen LogP contribution in [0.2, 0.25) is 0 Å². The van der Waals surface area contributed by atoms with Crippen molar-refractivity contribution in [3.05, 3.63) is 35.4 Å². The number of amides is 1. The van der Waals surface area contributed by atoms with E-state index in [4.69, 9.17) is 0 Å². The number of nitrogens with zero attached hydrogens (tertiary/aromatic N) is 1. The lowest BCUT2D eigenvalue weighted by molar-refractivity contribution is -0.137. The van der Waals surface area contributed by atoms with Crippen LogP contribution in [0.4, 0.5) is 13.2 Å². The average molecular weight is 270 g/mol. The zero-order valence-electron chi connectivity index (χ0n) is 10.3. The summed E-state index contributed by atoms with van der Waals surface area (Å²) in [6.45, 7) is 1.92. The molecule has 102 valence electrons. The second-order valence-electron chi connectivity index (χ2n) is 4.35. The van der Waals surface area contributed by atoms with Crippen molar-refractivity contribution >= 4 is 11.7 Å². The Bertz CT molecular complexity index is 523. The van der Waals surface area contributed by atoms with Crippen molar-refractivity contribution in [1.29, 1.82) is 0 Å². The molecular formula is C13H13F3N2O. The van der Waals surface area contributed by atoms with Gasteiger partial charge in [-0.25, -0.2) is 0 Å². The minimum absolute atomic E-state index is 0.217. The SMILES string of the molecule is CCCC1N=C(c2cccc(C(F)(F)F)c2)NC1=O. The smallest absolute Gasteiger partial charge is 0.309 e. The highest BCUT2D eigenvalue weighted by Gasteiger charge is 2.32. The van der Waals surface area contributed by atoms with Crippen LogP contribution < -0.4 is 5.32 Å². The predicted octanol–water partition coefficient (Wildman–Crippen LogP) is 2.75. The fourth-order valence-electron chi connectivity index (χ4n) is 1.91. The van der Waals surface area contributed by atoms with Gasteiger partial charge < -0.3 is 5.32 Å². The third-order valence-corrected chi connectivity index (χ3v) is 2.85. The minimum Gasteiger partial charge on any atom is -0.309 e. The van der Waals surface area contributed by atoms with E-state index in [1.54, 1.807) is 0 Å². The quantitative estimate of drug-likeness (QED) is 0.901. The third kappa shape index (κ3) is 2.94. The lowest BCUT2D eigenvalue weighted by atomic mass is 10.1. The van der Waals surface area contributed by atoms with Gasteiger partial charge in [0.15, 0.2) is 0 Å². The first-order valence-corrected chi connectivity index (χ1v) is 5.98. The highest BCUT2D eigenvalue weighted by atomic mass is 19.4. The highest BCUT2D eigenvalue weighted by Crippen LogP contribution is 2.29. The van der Waals surface area contributed by atoms with E-state index in [0.29, 0.717) is 6.42 Å². The number of carbonyl (C=O) groups is 1. The number of halogens is 3. The molecule has 1 aromatic carbocycles. The molecule has 0 saturated heterocycles. The Kier molecular flexibility index (Phi) is 3.59. The molecule has 0 saturated carbocycles. The van der Waals surface area contributed by atoms with Gasteiger partial charge in [-0.15, -0.1) is 0 Å². The molecule has 1 aromatic rings. The lowest BCUT2D eigenvalue weighted by Crippen LogP contribution is -2.29. The third-order valence-electron chi connectivity index (χ3n) is 2.85. The topological polar surface area (TPSA) is 41.5 Å². The molecule has 1 heterocycles. The summed E-state index contributed by atoms with van der Waals surface area (Å²) in [7, 11) is 0. The molecule has 1 N–H and O–H groups in total. The molecule has 1 amide bonds. The molecule has 19 heavy (non-hydrogen) atoms. The summed E-state index contributed by atoms with van der Waals surface area (Å²) in [6, 6.07) is 4.30. The number of benzene rings is 1. The van der Waals surface area contributed by atoms with Crippen molar-refractivity contribution in [2.75, 3.05) is 0 Å². The largest absolute Gasteiger partial charge is 0.416 e. The average Bonchev–Trinajstić information content (AvgIpc) is 2.71. The van der Waals surface area contributed by atoms with E-state index in [1.807, 2.05) is 6.92 Å². The molecule has 1 aliphatic rings. The molecule has 1 unspecified atom stereocenters. The van der Waals surface area contributed by atoms with Gasteiger partial charge in [0.25, 0.3) is 0 Å². The number of alkyl halides is 3. The van der Waals surface area contributed by atoms with E-state index in [1.165, 1.54) is 12.1 Å². The number of hydrogen-bond donors (Lipinski definition) is 1. The van der Waals surface area contributed by atoms with Crippen LogP contribution in [0, 0.1) is 0 Å². The molecule has 2 rings (SSSR count). The van der Waals surface area contributed by atoms with Crippen LogP contribution in [0.3, 0.4) is 0 Å². The molecule has 0 aliphatic carbocycles. The van der Waals surface area contributed by atoms with Crippen molar-refractivity contribution in [2.45, 2.75) is 32.0 Å². The van der Waals surface area contributed by atoms with E-state index in [9.17, 15) is 18.0 Å². The Morgan fingerprint density at radius 3 is 2.74 bits per heavy atom. The standard InChI is InChI=1S/C13H13F3N2O/c1-2-4-10-12(19)18-11(17-10)8-5-3-6-9(7-8)13(14,15)16/h3,5-7,10H,2,4H2,1H3,(H,17,18,19). The van der Waals surface area contributed by atoms with Gasteiger partial charge in [-0.2, -0.15) is 13.2 Å². The highest BCUT2D eigenvalue weighted by molar-refractivity contribution is 6.13. The zero-order chi connectivity index (χ0) is 14.0. The van der Waals surface area contributed by atoms with Crippen LogP contribution in [-0.2, 0) is 11.0 Å². The van der Waals surface area contributed by atoms with Crippen molar-refractivity contribution in [2.24, 2.45) is 4.99 Å². The van der Waals surface area contributed by atoms with Gasteiger partial charge in [-0.05, 0) is 18.6 Å². The molecule has 3 nitrogen and oxygen atoms in total. The molecule has 1 aliphatic heterocycles. The van der Waals surface area contributed by atoms with Crippen LogP contribution in [0.15, 0.2) is 29.3 Å². The Hall–Kier alpha value is -1.85. The van der Waals surface area contributed by atoms with Gasteiger partial charge in [0.05, 0.1) is 5.56 Å². The molecule has 6 heteroatoms. The molecule has 1 atom stereocenters. The minimum atomic E-state index is -4.40. The Morgan fingerprint density at radius 1 is 1.37 bits per heavy atom. The summed E-state index contributed by atoms with van der Waals surface area (Å²) in [5.74, 6) is -0.0381. The Balaban J connectivity index is 2.28. The van der Waals surface area contributed by atoms with Gasteiger partial charge in [0.1, 0.15) is 11.9 Å². The summed E-state index contributed by atoms with van der Waals surface area (Å²) < 4.78 is 37.8. The van der Waals surface area contributed by atoms with E-state index >= 15 is 0 Å². The molecule has 0 spiro atoms. The normalized spacial score (nSPS) is 19.3. The zero-order valence-corrected chi connectivity index (χ0v) is 10.3. The van der Waals surface area contributed by atoms with Gasteiger partial charge in [0, 0.05) is 5.56 Å². The number of amidine groups is 1. The first kappa shape index (κ1) is 13.6. The van der Waals surface area contributed by atoms with Crippen molar-refractivity contribution in [1.82, 2.24) is 5.32 Å². The summed E-state index contributed by atoms with van der Waals surface area (Å²) >= 11 is 0. The molecule has 0 radical (unpaired) electrons. The van der Waals surface area contributed by atoms with E-state index in [0.717, 1.165) is 18.6 Å². The van der Waals surface area contributed by atoms with Gasteiger partial charge in [-0.1, -0.05) is 25.5 Å². The summed E-state index contributed by atoms with van der Waals surface area (Å²) in [4.78, 5) is 15.7. The van der Waals surface area contributed by atoms with E-state index in [2.05, 4.69) is 10.3 Å². The Morgan fingerprint density at radius 2 is 2.11 bits per heavy atom. The molecule has 0 aromatic heterocycles. The van der Waals surface area contributed by atoms with Crippen molar-refractivity contribution in [3.8, 4) is 0 Å². The fraction of sp³-hybridized carbons (Fsp3) is 0.385. The van der Waals surface area contributed by atoms with Crippen LogP contribution >= 0.6 is 0 Å². The van der Waals surface area contributed by atoms with Crippen LogP contribution in [0.1, 0.15) is 30.9 Å². The first-order chi connectivity index (χ1) is 8.91. The maximum absolute atomic E-state index is 12.6. The maximum atomic E-state index is 12.6. The van der Waals surface area contributed by atoms with Gasteiger partial charge >= 0.3 is 6.18 Å². The fourth-order valence-corrected chi connectivity index (χ4v) is 1.91. The summed E-state index contributed by atoms with van der Waals surface area (Å²) in [5.41, 5.74) is -0.470. The second kappa shape index (κ2) is 5.03. The number of aliphatic imine (C=N–C) groups is 1. The maximum Gasteiger partial charge on any atom is 0.416 e. The molecule has 0 fully saturated rings. The van der Waals surface area contributed by atoms with Crippen LogP contribution in [0.5, 0.6) is 0 Å². The summed E-state index contributed by atoms with van der Waals surface area (Å²) in [6.07, 6.45) is -3.02. The molecule has 0 bridgehead atoms. The number of rotatable bonds is 3. The van der Waals surface area contributed by atoms with Gasteiger partial charge in [-0.3, -0.25) is 9.79 Å². The van der Waals surface area contributed by atoms with Crippen LogP contribution in [0.25, 0.3) is 0 Å². The number of carbonyl (C=O) groups excluding carboxylic acids is 1. The summed E-state index contributed by atoms with van der Waals surface area (Å²) in [5, 5.41) is 2.53. The van der Waals surface area contributed by atoms with E-state index in [-0.39, 0.29) is 17.3 Å². The monoisotopic (exact) mass is 270 g/mol. The van der Waals surface area contributed by atoms with E-state index < -0.39 is 17.8 Å². The van der Waals surface area contributed by atoms with Crippen molar-refractivity contribution in [3.63, 3.8) is 0 Å². The number of hydrogen-bond acceptors (Lipinski definition) is 2. The number of nitrogens with one attached hydrogen (secondary N) is 1. The second-order valence-corrected chi connectivity index (χ2v) is 4.35. The van der Waals surface area contributed by atoms with Crippen molar-refractivity contribution < 1.29 is 18.0 Å². The first-order valence-electron chi connectivity index (χ1n) is 5.98. The van der Waals surface area contributed by atoms with Crippen LogP contribution in [-0.4, -0.2) is 17.8 Å².